The minimum absolute atomic E-state index is 0.465. The molecule has 0 rings (SSSR count). The van der Waals surface area contributed by atoms with Gasteiger partial charge < -0.3 is 10.8 Å². The molecule has 11 heavy (non-hydrogen) atoms. The molecule has 0 heterocycles. The number of hydrogen-bond donors (Lipinski definition) is 2. The lowest BCUT2D eigenvalue weighted by Crippen LogP contribution is -2.32. The second-order valence-electron chi connectivity index (χ2n) is 2.06. The average molecular weight is 198 g/mol. The molecule has 0 unspecified atom stereocenters. The van der Waals surface area contributed by atoms with Crippen LogP contribution in [0.4, 0.5) is 0 Å². The van der Waals surface area contributed by atoms with Gasteiger partial charge in [-0.25, -0.2) is 0 Å². The van der Waals surface area contributed by atoms with Gasteiger partial charge in [-0.05, 0) is 12.2 Å². The first-order valence-electron chi connectivity index (χ1n) is 3.30. The van der Waals surface area contributed by atoms with Crippen LogP contribution in [0.5, 0.6) is 0 Å². The Morgan fingerprint density at radius 3 is 2.82 bits per heavy atom. The maximum atomic E-state index is 10.2. The van der Waals surface area contributed by atoms with Crippen LogP contribution in [-0.2, 0) is 4.79 Å². The third-order valence-electron chi connectivity index (χ3n) is 1.04. The maximum absolute atomic E-state index is 10.2. The molecule has 0 saturated heterocycles. The zero-order valence-electron chi connectivity index (χ0n) is 6.12. The van der Waals surface area contributed by atoms with Crippen molar-refractivity contribution in [3.8, 4) is 0 Å². The van der Waals surface area contributed by atoms with Crippen LogP contribution in [0.3, 0.4) is 0 Å². The summed E-state index contributed by atoms with van der Waals surface area (Å²) in [7, 11) is 0. The third-order valence-corrected chi connectivity index (χ3v) is 2.48. The molecule has 5 heteroatoms. The average Bonchev–Trinajstić information content (AvgIpc) is 1.97. The molecule has 0 aromatic rings. The van der Waals surface area contributed by atoms with E-state index in [4.69, 9.17) is 22.4 Å². The van der Waals surface area contributed by atoms with E-state index < -0.39 is 12.0 Å². The van der Waals surface area contributed by atoms with Crippen LogP contribution in [0.2, 0.25) is 0 Å². The molecule has 1 atom stereocenters. The Bertz CT molecular complexity index is 123. The van der Waals surface area contributed by atoms with E-state index in [1.54, 1.807) is 0 Å². The summed E-state index contributed by atoms with van der Waals surface area (Å²) in [5.41, 5.74) is 5.25. The minimum atomic E-state index is -0.941. The molecule has 3 N–H and O–H groups in total. The van der Waals surface area contributed by atoms with Crippen LogP contribution < -0.4 is 5.73 Å². The smallest absolute Gasteiger partial charge is 0.321 e. The molecular weight excluding hydrogens is 186 g/mol. The standard InChI is InChI=1S/C6H12ClNO2S/c7-2-1-3-11-4-5(8)6(9)10/h5H,1-4,8H2,(H,9,10)/t5-/m0/s1. The first-order valence-corrected chi connectivity index (χ1v) is 4.99. The van der Waals surface area contributed by atoms with Crippen LogP contribution in [0.1, 0.15) is 6.42 Å². The zero-order valence-corrected chi connectivity index (χ0v) is 7.70. The van der Waals surface area contributed by atoms with Gasteiger partial charge in [-0.2, -0.15) is 11.8 Å². The molecule has 0 spiro atoms. The van der Waals surface area contributed by atoms with Gasteiger partial charge in [-0.3, -0.25) is 4.79 Å². The summed E-state index contributed by atoms with van der Waals surface area (Å²) in [6.07, 6.45) is 0.901. The second-order valence-corrected chi connectivity index (χ2v) is 3.59. The lowest BCUT2D eigenvalue weighted by molar-refractivity contribution is -0.137. The molecule has 0 amide bonds. The van der Waals surface area contributed by atoms with Crippen molar-refractivity contribution >= 4 is 29.3 Å². The van der Waals surface area contributed by atoms with Crippen molar-refractivity contribution < 1.29 is 9.90 Å². The molecule has 0 aromatic heterocycles. The van der Waals surface area contributed by atoms with E-state index in [9.17, 15) is 4.79 Å². The highest BCUT2D eigenvalue weighted by atomic mass is 35.5. The maximum Gasteiger partial charge on any atom is 0.321 e. The number of hydrogen-bond acceptors (Lipinski definition) is 3. The SMILES string of the molecule is N[C@@H](CSCCCCl)C(=O)O. The lowest BCUT2D eigenvalue weighted by atomic mass is 10.4. The highest BCUT2D eigenvalue weighted by Crippen LogP contribution is 2.04. The van der Waals surface area contributed by atoms with E-state index in [0.717, 1.165) is 12.2 Å². The predicted octanol–water partition coefficient (Wildman–Crippen LogP) is 0.760. The quantitative estimate of drug-likeness (QED) is 0.488. The van der Waals surface area contributed by atoms with Gasteiger partial charge >= 0.3 is 5.97 Å². The van der Waals surface area contributed by atoms with Crippen LogP contribution in [0.25, 0.3) is 0 Å². The van der Waals surface area contributed by atoms with Crippen molar-refractivity contribution in [2.45, 2.75) is 12.5 Å². The van der Waals surface area contributed by atoms with Gasteiger partial charge in [0.25, 0.3) is 0 Å². The fourth-order valence-electron chi connectivity index (χ4n) is 0.438. The van der Waals surface area contributed by atoms with E-state index in [-0.39, 0.29) is 0 Å². The Balaban J connectivity index is 3.17. The van der Waals surface area contributed by atoms with Crippen LogP contribution >= 0.6 is 23.4 Å². The Morgan fingerprint density at radius 1 is 1.73 bits per heavy atom. The Labute approximate surface area is 75.3 Å². The molecular formula is C6H12ClNO2S. The third kappa shape index (κ3) is 6.47. The summed E-state index contributed by atoms with van der Waals surface area (Å²) in [4.78, 5) is 10.2. The van der Waals surface area contributed by atoms with Crippen LogP contribution in [0.15, 0.2) is 0 Å². The topological polar surface area (TPSA) is 63.3 Å². The highest BCUT2D eigenvalue weighted by Gasteiger charge is 2.09. The number of halogens is 1. The Hall–Kier alpha value is 0.0700. The molecule has 0 bridgehead atoms. The fraction of sp³-hybridized carbons (Fsp3) is 0.833. The summed E-state index contributed by atoms with van der Waals surface area (Å²) >= 11 is 6.94. The number of thioether (sulfide) groups is 1. The van der Waals surface area contributed by atoms with E-state index in [1.807, 2.05) is 0 Å². The van der Waals surface area contributed by atoms with Crippen molar-refractivity contribution in [3.63, 3.8) is 0 Å². The van der Waals surface area contributed by atoms with Crippen molar-refractivity contribution in [2.75, 3.05) is 17.4 Å². The molecule has 0 fully saturated rings. The van der Waals surface area contributed by atoms with Crippen LogP contribution in [-0.4, -0.2) is 34.5 Å². The van der Waals surface area contributed by atoms with E-state index >= 15 is 0 Å². The van der Waals surface area contributed by atoms with E-state index in [2.05, 4.69) is 0 Å². The monoisotopic (exact) mass is 197 g/mol. The lowest BCUT2D eigenvalue weighted by Gasteiger charge is -2.04. The highest BCUT2D eigenvalue weighted by molar-refractivity contribution is 7.99. The molecule has 0 saturated carbocycles. The van der Waals surface area contributed by atoms with Gasteiger partial charge in [-0.1, -0.05) is 0 Å². The second kappa shape index (κ2) is 6.76. The molecule has 0 aliphatic rings. The minimum Gasteiger partial charge on any atom is -0.480 e. The van der Waals surface area contributed by atoms with Crippen molar-refractivity contribution in [3.05, 3.63) is 0 Å². The largest absolute Gasteiger partial charge is 0.480 e. The van der Waals surface area contributed by atoms with Crippen molar-refractivity contribution in [2.24, 2.45) is 5.73 Å². The number of carbonyl (C=O) groups is 1. The van der Waals surface area contributed by atoms with E-state index in [0.29, 0.717) is 11.6 Å². The van der Waals surface area contributed by atoms with Crippen LogP contribution in [0, 0.1) is 0 Å². The number of nitrogens with two attached hydrogens (primary N) is 1. The first-order chi connectivity index (χ1) is 5.18. The normalized spacial score (nSPS) is 12.9. The molecule has 0 aliphatic carbocycles. The number of alkyl halides is 1. The van der Waals surface area contributed by atoms with Gasteiger partial charge in [0.05, 0.1) is 0 Å². The first kappa shape index (κ1) is 11.1. The number of carboxylic acid groups (broad SMARTS) is 1. The predicted molar refractivity (Wildman–Crippen MR) is 48.3 cm³/mol. The zero-order chi connectivity index (χ0) is 8.69. The van der Waals surface area contributed by atoms with Gasteiger partial charge in [-0.15, -0.1) is 11.6 Å². The fourth-order valence-corrected chi connectivity index (χ4v) is 1.64. The summed E-state index contributed by atoms with van der Waals surface area (Å²) < 4.78 is 0. The molecule has 66 valence electrons. The molecule has 0 aromatic carbocycles. The molecule has 0 aliphatic heterocycles. The molecule has 3 nitrogen and oxygen atoms in total. The number of carboxylic acids is 1. The summed E-state index contributed by atoms with van der Waals surface area (Å²) in [5.74, 6) is 1.02. The van der Waals surface area contributed by atoms with Gasteiger partial charge in [0.15, 0.2) is 0 Å². The van der Waals surface area contributed by atoms with Crippen molar-refractivity contribution in [1.82, 2.24) is 0 Å². The number of aliphatic carboxylic acids is 1. The van der Waals surface area contributed by atoms with Gasteiger partial charge in [0, 0.05) is 11.6 Å². The summed E-state index contributed by atoms with van der Waals surface area (Å²) in [6, 6.07) is -0.740. The summed E-state index contributed by atoms with van der Waals surface area (Å²) in [6.45, 7) is 0. The molecule has 0 radical (unpaired) electrons. The summed E-state index contributed by atoms with van der Waals surface area (Å²) in [5, 5.41) is 8.37. The van der Waals surface area contributed by atoms with E-state index in [1.165, 1.54) is 11.8 Å². The van der Waals surface area contributed by atoms with Gasteiger partial charge in [0.2, 0.25) is 0 Å². The Morgan fingerprint density at radius 2 is 2.36 bits per heavy atom. The van der Waals surface area contributed by atoms with Crippen molar-refractivity contribution in [1.29, 1.82) is 0 Å². The Kier molecular flexibility index (Phi) is 6.80. The number of rotatable bonds is 6. The van der Waals surface area contributed by atoms with Gasteiger partial charge in [0.1, 0.15) is 6.04 Å².